The Hall–Kier alpha value is -0.980. The summed E-state index contributed by atoms with van der Waals surface area (Å²) in [5.41, 5.74) is 1.38. The molecular formula is C10H13N. The minimum atomic E-state index is 0.582. The zero-order valence-corrected chi connectivity index (χ0v) is 6.99. The average molecular weight is 147 g/mol. The van der Waals surface area contributed by atoms with Crippen molar-refractivity contribution in [3.63, 3.8) is 0 Å². The van der Waals surface area contributed by atoms with Gasteiger partial charge < -0.3 is 4.90 Å². The van der Waals surface area contributed by atoms with Gasteiger partial charge in [-0.25, -0.2) is 0 Å². The normalized spacial score (nSPS) is 34.0. The van der Waals surface area contributed by atoms with E-state index in [1.54, 1.807) is 0 Å². The van der Waals surface area contributed by atoms with Crippen LogP contribution in [0.3, 0.4) is 0 Å². The van der Waals surface area contributed by atoms with E-state index in [1.165, 1.54) is 5.57 Å². The van der Waals surface area contributed by atoms with Crippen molar-refractivity contribution < 1.29 is 0 Å². The Kier molecular flexibility index (Phi) is 1.38. The van der Waals surface area contributed by atoms with Crippen LogP contribution in [0.4, 0.5) is 0 Å². The van der Waals surface area contributed by atoms with Gasteiger partial charge in [0.2, 0.25) is 0 Å². The van der Waals surface area contributed by atoms with Crippen molar-refractivity contribution in [1.82, 2.24) is 4.90 Å². The molecule has 1 heterocycles. The molecule has 0 N–H and O–H groups in total. The van der Waals surface area contributed by atoms with Gasteiger partial charge in [-0.15, -0.1) is 0 Å². The summed E-state index contributed by atoms with van der Waals surface area (Å²) in [6, 6.07) is 0.582. The molecule has 58 valence electrons. The summed E-state index contributed by atoms with van der Waals surface area (Å²) in [4.78, 5) is 2.25. The van der Waals surface area contributed by atoms with Crippen molar-refractivity contribution in [2.24, 2.45) is 5.92 Å². The molecule has 2 rings (SSSR count). The molecule has 0 spiro atoms. The lowest BCUT2D eigenvalue weighted by Gasteiger charge is -2.24. The second-order valence-electron chi connectivity index (χ2n) is 3.34. The molecule has 0 aromatic carbocycles. The van der Waals surface area contributed by atoms with Gasteiger partial charge in [-0.05, 0) is 13.1 Å². The SMILES string of the molecule is CC1=CC2C=CN(C)C2C=C1. The van der Waals surface area contributed by atoms with Crippen LogP contribution in [0.5, 0.6) is 0 Å². The van der Waals surface area contributed by atoms with E-state index in [-0.39, 0.29) is 0 Å². The van der Waals surface area contributed by atoms with E-state index in [0.29, 0.717) is 12.0 Å². The number of hydrogen-bond donors (Lipinski definition) is 0. The van der Waals surface area contributed by atoms with Crippen molar-refractivity contribution in [3.8, 4) is 0 Å². The maximum atomic E-state index is 2.32. The molecule has 0 fully saturated rings. The molecule has 11 heavy (non-hydrogen) atoms. The molecule has 0 aromatic heterocycles. The van der Waals surface area contributed by atoms with Crippen LogP contribution in [-0.2, 0) is 0 Å². The van der Waals surface area contributed by atoms with Crippen molar-refractivity contribution in [2.75, 3.05) is 7.05 Å². The van der Waals surface area contributed by atoms with Gasteiger partial charge in [-0.2, -0.15) is 0 Å². The smallest absolute Gasteiger partial charge is 0.0565 e. The highest BCUT2D eigenvalue weighted by Gasteiger charge is 2.24. The largest absolute Gasteiger partial charge is 0.373 e. The molecule has 2 aliphatic rings. The Morgan fingerprint density at radius 2 is 2.18 bits per heavy atom. The molecule has 1 aliphatic carbocycles. The zero-order chi connectivity index (χ0) is 7.84. The summed E-state index contributed by atoms with van der Waals surface area (Å²) < 4.78 is 0. The van der Waals surface area contributed by atoms with Crippen LogP contribution in [0.1, 0.15) is 6.92 Å². The fourth-order valence-electron chi connectivity index (χ4n) is 1.75. The van der Waals surface area contributed by atoms with Gasteiger partial charge in [0.1, 0.15) is 0 Å². The van der Waals surface area contributed by atoms with E-state index in [9.17, 15) is 0 Å². The van der Waals surface area contributed by atoms with Crippen LogP contribution < -0.4 is 0 Å². The molecule has 1 aliphatic heterocycles. The standard InChI is InChI=1S/C10H13N/c1-8-3-4-10-9(7-8)5-6-11(10)2/h3-7,9-10H,1-2H3. The number of rotatable bonds is 0. The molecule has 2 unspecified atom stereocenters. The van der Waals surface area contributed by atoms with Gasteiger partial charge in [-0.3, -0.25) is 0 Å². The molecule has 2 atom stereocenters. The van der Waals surface area contributed by atoms with E-state index < -0.39 is 0 Å². The Bertz CT molecular complexity index is 248. The van der Waals surface area contributed by atoms with Crippen LogP contribution in [0, 0.1) is 5.92 Å². The molecule has 1 heteroatoms. The van der Waals surface area contributed by atoms with E-state index in [2.05, 4.69) is 49.4 Å². The molecule has 1 nitrogen and oxygen atoms in total. The van der Waals surface area contributed by atoms with Crippen molar-refractivity contribution in [3.05, 3.63) is 36.1 Å². The first-order chi connectivity index (χ1) is 5.27. The Balaban J connectivity index is 2.26. The van der Waals surface area contributed by atoms with Crippen molar-refractivity contribution >= 4 is 0 Å². The first-order valence-electron chi connectivity index (χ1n) is 4.04. The molecule has 0 radical (unpaired) electrons. The monoisotopic (exact) mass is 147 g/mol. The van der Waals surface area contributed by atoms with E-state index >= 15 is 0 Å². The fourth-order valence-corrected chi connectivity index (χ4v) is 1.75. The number of nitrogens with zero attached hydrogens (tertiary/aromatic N) is 1. The Labute approximate surface area is 67.7 Å². The maximum absolute atomic E-state index is 2.32. The highest BCUT2D eigenvalue weighted by atomic mass is 15.1. The summed E-state index contributed by atoms with van der Waals surface area (Å²) >= 11 is 0. The summed E-state index contributed by atoms with van der Waals surface area (Å²) in [5.74, 6) is 0.616. The summed E-state index contributed by atoms with van der Waals surface area (Å²) in [6.07, 6.45) is 11.2. The third-order valence-electron chi connectivity index (χ3n) is 2.42. The van der Waals surface area contributed by atoms with E-state index in [4.69, 9.17) is 0 Å². The quantitative estimate of drug-likeness (QED) is 0.506. The van der Waals surface area contributed by atoms with Gasteiger partial charge in [-0.1, -0.05) is 29.9 Å². The lowest BCUT2D eigenvalue weighted by Crippen LogP contribution is -2.27. The number of fused-ring (bicyclic) bond motifs is 1. The Morgan fingerprint density at radius 1 is 1.36 bits per heavy atom. The highest BCUT2D eigenvalue weighted by Crippen LogP contribution is 2.26. The van der Waals surface area contributed by atoms with Crippen molar-refractivity contribution in [1.29, 1.82) is 0 Å². The fraction of sp³-hybridized carbons (Fsp3) is 0.400. The van der Waals surface area contributed by atoms with Crippen LogP contribution >= 0.6 is 0 Å². The van der Waals surface area contributed by atoms with E-state index in [1.807, 2.05) is 0 Å². The summed E-state index contributed by atoms with van der Waals surface area (Å²) in [7, 11) is 2.12. The first-order valence-corrected chi connectivity index (χ1v) is 4.04. The van der Waals surface area contributed by atoms with Crippen LogP contribution in [0.2, 0.25) is 0 Å². The van der Waals surface area contributed by atoms with Gasteiger partial charge in [0.15, 0.2) is 0 Å². The maximum Gasteiger partial charge on any atom is 0.0565 e. The average Bonchev–Trinajstić information content (AvgIpc) is 2.32. The van der Waals surface area contributed by atoms with Gasteiger partial charge in [0, 0.05) is 13.0 Å². The predicted molar refractivity (Wildman–Crippen MR) is 47.1 cm³/mol. The topological polar surface area (TPSA) is 3.24 Å². The lowest BCUT2D eigenvalue weighted by atomic mass is 9.94. The lowest BCUT2D eigenvalue weighted by molar-refractivity contribution is 0.379. The molecule has 0 aromatic rings. The third-order valence-corrected chi connectivity index (χ3v) is 2.42. The molecule has 0 saturated heterocycles. The molecular weight excluding hydrogens is 134 g/mol. The zero-order valence-electron chi connectivity index (χ0n) is 6.99. The minimum absolute atomic E-state index is 0.582. The number of hydrogen-bond acceptors (Lipinski definition) is 1. The Morgan fingerprint density at radius 3 is 3.00 bits per heavy atom. The van der Waals surface area contributed by atoms with Crippen LogP contribution in [0.25, 0.3) is 0 Å². The number of allylic oxidation sites excluding steroid dienone is 2. The molecule has 0 amide bonds. The van der Waals surface area contributed by atoms with E-state index in [0.717, 1.165) is 0 Å². The first kappa shape index (κ1) is 6.71. The third kappa shape index (κ3) is 1.01. The van der Waals surface area contributed by atoms with Gasteiger partial charge in [0.05, 0.1) is 6.04 Å². The number of likely N-dealkylation sites (N-methyl/N-ethyl adjacent to an activating group) is 1. The summed E-state index contributed by atoms with van der Waals surface area (Å²) in [6.45, 7) is 2.15. The van der Waals surface area contributed by atoms with Crippen LogP contribution in [-0.4, -0.2) is 18.0 Å². The molecule has 0 bridgehead atoms. The molecule has 0 saturated carbocycles. The van der Waals surface area contributed by atoms with Crippen LogP contribution in [0.15, 0.2) is 36.1 Å². The predicted octanol–water partition coefficient (Wildman–Crippen LogP) is 1.95. The minimum Gasteiger partial charge on any atom is -0.373 e. The van der Waals surface area contributed by atoms with Gasteiger partial charge >= 0.3 is 0 Å². The summed E-state index contributed by atoms with van der Waals surface area (Å²) in [5, 5.41) is 0. The second-order valence-corrected chi connectivity index (χ2v) is 3.34. The second kappa shape index (κ2) is 2.26. The highest BCUT2D eigenvalue weighted by molar-refractivity contribution is 5.31. The van der Waals surface area contributed by atoms with Crippen molar-refractivity contribution in [2.45, 2.75) is 13.0 Å². The van der Waals surface area contributed by atoms with Gasteiger partial charge in [0.25, 0.3) is 0 Å².